The molecule has 3 heteroatoms. The van der Waals surface area contributed by atoms with Gasteiger partial charge < -0.3 is 11.1 Å². The molecule has 1 aliphatic carbocycles. The van der Waals surface area contributed by atoms with Gasteiger partial charge in [-0.15, -0.1) is 0 Å². The van der Waals surface area contributed by atoms with Gasteiger partial charge >= 0.3 is 0 Å². The number of hydrogen-bond acceptors (Lipinski definition) is 2. The van der Waals surface area contributed by atoms with E-state index < -0.39 is 0 Å². The lowest BCUT2D eigenvalue weighted by molar-refractivity contribution is -0.126. The van der Waals surface area contributed by atoms with Crippen molar-refractivity contribution in [2.75, 3.05) is 6.54 Å². The minimum absolute atomic E-state index is 0.152. The van der Waals surface area contributed by atoms with E-state index in [0.29, 0.717) is 0 Å². The largest absolute Gasteiger partial charge is 0.356 e. The maximum atomic E-state index is 11.7. The SMILES string of the molecule is C/C=C/CCNC(=O)C1CCCC(N)C1. The third-order valence-corrected chi connectivity index (χ3v) is 2.93. The number of nitrogens with one attached hydrogen (secondary N) is 1. The van der Waals surface area contributed by atoms with E-state index in [1.807, 2.05) is 13.0 Å². The molecule has 0 saturated heterocycles. The molecule has 86 valence electrons. The van der Waals surface area contributed by atoms with Gasteiger partial charge in [-0.2, -0.15) is 0 Å². The van der Waals surface area contributed by atoms with Crippen molar-refractivity contribution >= 4 is 5.91 Å². The molecule has 0 heterocycles. The topological polar surface area (TPSA) is 55.1 Å². The van der Waals surface area contributed by atoms with Gasteiger partial charge in [-0.05, 0) is 32.6 Å². The molecule has 2 atom stereocenters. The Bertz CT molecular complexity index is 226. The number of allylic oxidation sites excluding steroid dienone is 1. The van der Waals surface area contributed by atoms with Gasteiger partial charge in [0.2, 0.25) is 5.91 Å². The molecular formula is C12H22N2O. The van der Waals surface area contributed by atoms with Crippen molar-refractivity contribution < 1.29 is 4.79 Å². The van der Waals surface area contributed by atoms with Gasteiger partial charge in [0.15, 0.2) is 0 Å². The zero-order valence-corrected chi connectivity index (χ0v) is 9.54. The van der Waals surface area contributed by atoms with Crippen molar-refractivity contribution in [2.24, 2.45) is 11.7 Å². The smallest absolute Gasteiger partial charge is 0.223 e. The fraction of sp³-hybridized carbons (Fsp3) is 0.750. The molecule has 0 aromatic rings. The Morgan fingerprint density at radius 2 is 2.33 bits per heavy atom. The van der Waals surface area contributed by atoms with Gasteiger partial charge in [0.05, 0.1) is 0 Å². The van der Waals surface area contributed by atoms with Crippen LogP contribution in [-0.4, -0.2) is 18.5 Å². The van der Waals surface area contributed by atoms with Gasteiger partial charge in [0.25, 0.3) is 0 Å². The third kappa shape index (κ3) is 4.47. The molecular weight excluding hydrogens is 188 g/mol. The molecule has 2 unspecified atom stereocenters. The zero-order chi connectivity index (χ0) is 11.1. The number of rotatable bonds is 4. The summed E-state index contributed by atoms with van der Waals surface area (Å²) in [5, 5.41) is 2.96. The Balaban J connectivity index is 2.21. The summed E-state index contributed by atoms with van der Waals surface area (Å²) in [6, 6.07) is 0.227. The number of nitrogens with two attached hydrogens (primary N) is 1. The highest BCUT2D eigenvalue weighted by atomic mass is 16.1. The maximum absolute atomic E-state index is 11.7. The van der Waals surface area contributed by atoms with Crippen LogP contribution in [-0.2, 0) is 4.79 Å². The molecule has 0 bridgehead atoms. The summed E-state index contributed by atoms with van der Waals surface area (Å²) in [5.74, 6) is 0.342. The standard InChI is InChI=1S/C12H22N2O/c1-2-3-4-8-14-12(15)10-6-5-7-11(13)9-10/h2-3,10-11H,4-9,13H2,1H3,(H,14,15)/b3-2+. The highest BCUT2D eigenvalue weighted by molar-refractivity contribution is 5.78. The van der Waals surface area contributed by atoms with Crippen molar-refractivity contribution in [3.63, 3.8) is 0 Å². The van der Waals surface area contributed by atoms with Crippen LogP contribution in [0.2, 0.25) is 0 Å². The van der Waals surface area contributed by atoms with Crippen LogP contribution in [0, 0.1) is 5.92 Å². The fourth-order valence-electron chi connectivity index (χ4n) is 2.06. The summed E-state index contributed by atoms with van der Waals surface area (Å²) >= 11 is 0. The maximum Gasteiger partial charge on any atom is 0.223 e. The minimum Gasteiger partial charge on any atom is -0.356 e. The number of carbonyl (C=O) groups excluding carboxylic acids is 1. The lowest BCUT2D eigenvalue weighted by atomic mass is 9.85. The predicted molar refractivity (Wildman–Crippen MR) is 62.4 cm³/mol. The summed E-state index contributed by atoms with van der Waals surface area (Å²) in [7, 11) is 0. The number of carbonyl (C=O) groups is 1. The molecule has 3 nitrogen and oxygen atoms in total. The molecule has 1 amide bonds. The summed E-state index contributed by atoms with van der Waals surface area (Å²) < 4.78 is 0. The molecule has 0 spiro atoms. The Kier molecular flexibility index (Phi) is 5.40. The predicted octanol–water partition coefficient (Wildman–Crippen LogP) is 1.59. The molecule has 15 heavy (non-hydrogen) atoms. The van der Waals surface area contributed by atoms with Crippen LogP contribution in [0.4, 0.5) is 0 Å². The molecule has 0 radical (unpaired) electrons. The average molecular weight is 210 g/mol. The zero-order valence-electron chi connectivity index (χ0n) is 9.54. The van der Waals surface area contributed by atoms with Crippen molar-refractivity contribution in [3.8, 4) is 0 Å². The Hall–Kier alpha value is -0.830. The van der Waals surface area contributed by atoms with Crippen LogP contribution >= 0.6 is 0 Å². The molecule has 1 aliphatic rings. The first-order valence-corrected chi connectivity index (χ1v) is 5.88. The first-order chi connectivity index (χ1) is 7.24. The fourth-order valence-corrected chi connectivity index (χ4v) is 2.06. The third-order valence-electron chi connectivity index (χ3n) is 2.93. The first-order valence-electron chi connectivity index (χ1n) is 5.88. The molecule has 1 saturated carbocycles. The second-order valence-corrected chi connectivity index (χ2v) is 4.27. The highest BCUT2D eigenvalue weighted by Crippen LogP contribution is 2.22. The van der Waals surface area contributed by atoms with E-state index >= 15 is 0 Å². The van der Waals surface area contributed by atoms with Gasteiger partial charge in [0.1, 0.15) is 0 Å². The summed E-state index contributed by atoms with van der Waals surface area (Å²) in [5.41, 5.74) is 5.85. The van der Waals surface area contributed by atoms with E-state index in [4.69, 9.17) is 5.73 Å². The molecule has 0 aliphatic heterocycles. The minimum atomic E-state index is 0.152. The van der Waals surface area contributed by atoms with Crippen molar-refractivity contribution in [1.29, 1.82) is 0 Å². The second kappa shape index (κ2) is 6.62. The van der Waals surface area contributed by atoms with E-state index in [9.17, 15) is 4.79 Å². The van der Waals surface area contributed by atoms with Crippen LogP contribution in [0.5, 0.6) is 0 Å². The van der Waals surface area contributed by atoms with Gasteiger partial charge in [-0.1, -0.05) is 18.6 Å². The van der Waals surface area contributed by atoms with Crippen molar-refractivity contribution in [1.82, 2.24) is 5.32 Å². The monoisotopic (exact) mass is 210 g/mol. The number of amides is 1. The Labute approximate surface area is 92.1 Å². The van der Waals surface area contributed by atoms with Crippen molar-refractivity contribution in [2.45, 2.75) is 45.1 Å². The summed E-state index contributed by atoms with van der Waals surface area (Å²) in [6.45, 7) is 2.73. The lowest BCUT2D eigenvalue weighted by Crippen LogP contribution is -2.38. The van der Waals surface area contributed by atoms with Crippen molar-refractivity contribution in [3.05, 3.63) is 12.2 Å². The van der Waals surface area contributed by atoms with E-state index in [-0.39, 0.29) is 17.9 Å². The van der Waals surface area contributed by atoms with Crippen LogP contribution in [0.15, 0.2) is 12.2 Å². The average Bonchev–Trinajstić information content (AvgIpc) is 2.24. The van der Waals surface area contributed by atoms with E-state index in [1.165, 1.54) is 0 Å². The van der Waals surface area contributed by atoms with Crippen LogP contribution in [0.3, 0.4) is 0 Å². The highest BCUT2D eigenvalue weighted by Gasteiger charge is 2.24. The lowest BCUT2D eigenvalue weighted by Gasteiger charge is -2.25. The molecule has 0 aromatic heterocycles. The second-order valence-electron chi connectivity index (χ2n) is 4.27. The Morgan fingerprint density at radius 1 is 1.53 bits per heavy atom. The first kappa shape index (κ1) is 12.2. The van der Waals surface area contributed by atoms with Crippen LogP contribution in [0.1, 0.15) is 39.0 Å². The van der Waals surface area contributed by atoms with E-state index in [2.05, 4.69) is 11.4 Å². The summed E-state index contributed by atoms with van der Waals surface area (Å²) in [6.07, 6.45) is 9.01. The van der Waals surface area contributed by atoms with Crippen LogP contribution < -0.4 is 11.1 Å². The summed E-state index contributed by atoms with van der Waals surface area (Å²) in [4.78, 5) is 11.7. The van der Waals surface area contributed by atoms with E-state index in [0.717, 1.165) is 38.6 Å². The Morgan fingerprint density at radius 3 is 3.00 bits per heavy atom. The van der Waals surface area contributed by atoms with Gasteiger partial charge in [-0.25, -0.2) is 0 Å². The molecule has 1 rings (SSSR count). The normalized spacial score (nSPS) is 26.8. The van der Waals surface area contributed by atoms with Gasteiger partial charge in [0, 0.05) is 18.5 Å². The quantitative estimate of drug-likeness (QED) is 0.547. The van der Waals surface area contributed by atoms with Crippen LogP contribution in [0.25, 0.3) is 0 Å². The van der Waals surface area contributed by atoms with E-state index in [1.54, 1.807) is 0 Å². The molecule has 0 aromatic carbocycles. The molecule has 1 fully saturated rings. The molecule has 3 N–H and O–H groups in total. The van der Waals surface area contributed by atoms with Gasteiger partial charge in [-0.3, -0.25) is 4.79 Å². The number of hydrogen-bond donors (Lipinski definition) is 2.